The van der Waals surface area contributed by atoms with Crippen molar-refractivity contribution in [2.24, 2.45) is 5.73 Å². The molecule has 2 heterocycles. The molecule has 3 aromatic rings. The summed E-state index contributed by atoms with van der Waals surface area (Å²) < 4.78 is 11.7. The highest BCUT2D eigenvalue weighted by atomic mass is 16.6. The average molecular weight is 419 g/mol. The zero-order chi connectivity index (χ0) is 21.7. The number of ketones is 1. The van der Waals surface area contributed by atoms with Gasteiger partial charge < -0.3 is 9.47 Å². The van der Waals surface area contributed by atoms with Gasteiger partial charge in [-0.15, -0.1) is 10.2 Å². The molecular weight excluding hydrogens is 394 g/mol. The lowest BCUT2D eigenvalue weighted by Gasteiger charge is -2.33. The quantitative estimate of drug-likeness (QED) is 0.326. The van der Waals surface area contributed by atoms with Crippen LogP contribution in [0.3, 0.4) is 0 Å². The van der Waals surface area contributed by atoms with E-state index in [1.807, 2.05) is 24.3 Å². The molecule has 1 aromatic heterocycles. The molecule has 0 amide bonds. The maximum atomic E-state index is 13.0. The van der Waals surface area contributed by atoms with Gasteiger partial charge in [0.15, 0.2) is 17.3 Å². The Morgan fingerprint density at radius 1 is 1.23 bits per heavy atom. The Labute approximate surface area is 180 Å². The second-order valence-corrected chi connectivity index (χ2v) is 7.50. The number of aromatic amines is 1. The summed E-state index contributed by atoms with van der Waals surface area (Å²) in [5.74, 6) is 0.661. The first-order chi connectivity index (χ1) is 15.1. The topological polar surface area (TPSA) is 116 Å². The fourth-order valence-corrected chi connectivity index (χ4v) is 3.52. The molecular formula is C23H25N5O3. The number of aromatic nitrogens is 4. The number of tetrazole rings is 1. The Morgan fingerprint density at radius 3 is 2.90 bits per heavy atom. The van der Waals surface area contributed by atoms with Crippen molar-refractivity contribution in [1.82, 2.24) is 20.6 Å². The van der Waals surface area contributed by atoms with Crippen molar-refractivity contribution in [1.29, 1.82) is 0 Å². The number of allylic oxidation sites excluding steroid dienone is 1. The zero-order valence-corrected chi connectivity index (χ0v) is 17.4. The Balaban J connectivity index is 1.57. The number of hydrogen-bond acceptors (Lipinski definition) is 7. The number of para-hydroxylation sites is 1. The van der Waals surface area contributed by atoms with Crippen LogP contribution in [0.4, 0.5) is 0 Å². The molecule has 1 aliphatic heterocycles. The van der Waals surface area contributed by atoms with Gasteiger partial charge in [-0.1, -0.05) is 56.2 Å². The number of nitrogens with one attached hydrogen (secondary N) is 1. The number of rotatable bonds is 8. The first-order valence-electron chi connectivity index (χ1n) is 10.4. The lowest BCUT2D eigenvalue weighted by atomic mass is 10.00. The Hall–Kier alpha value is -3.52. The number of carbonyl (C=O) groups excluding carboxylic acids is 1. The first kappa shape index (κ1) is 20.7. The van der Waals surface area contributed by atoms with Gasteiger partial charge >= 0.3 is 0 Å². The van der Waals surface area contributed by atoms with E-state index in [-0.39, 0.29) is 24.0 Å². The summed E-state index contributed by atoms with van der Waals surface area (Å²) in [5.41, 5.74) is 7.47. The van der Waals surface area contributed by atoms with Gasteiger partial charge in [0, 0.05) is 0 Å². The molecule has 0 aliphatic carbocycles. The number of ether oxygens (including phenoxy) is 2. The molecule has 0 spiro atoms. The largest absolute Gasteiger partial charge is 0.483 e. The highest BCUT2D eigenvalue weighted by Crippen LogP contribution is 2.39. The van der Waals surface area contributed by atoms with Gasteiger partial charge in [0.2, 0.25) is 5.82 Å². The number of carbonyl (C=O) groups is 1. The van der Waals surface area contributed by atoms with Crippen LogP contribution in [0.2, 0.25) is 0 Å². The Morgan fingerprint density at radius 2 is 2.10 bits per heavy atom. The Kier molecular flexibility index (Phi) is 6.08. The molecule has 0 saturated carbocycles. The minimum atomic E-state index is -1.44. The Bertz CT molecular complexity index is 1080. The molecule has 1 unspecified atom stereocenters. The second-order valence-electron chi connectivity index (χ2n) is 7.50. The molecule has 160 valence electrons. The number of H-pyrrole nitrogens is 1. The maximum absolute atomic E-state index is 13.0. The monoisotopic (exact) mass is 419 g/mol. The summed E-state index contributed by atoms with van der Waals surface area (Å²) in [7, 11) is 0. The van der Waals surface area contributed by atoms with E-state index in [2.05, 4.69) is 33.6 Å². The van der Waals surface area contributed by atoms with Crippen molar-refractivity contribution in [2.45, 2.75) is 38.3 Å². The molecule has 4 rings (SSSR count). The molecule has 1 atom stereocenters. The second kappa shape index (κ2) is 9.09. The van der Waals surface area contributed by atoms with Gasteiger partial charge in [0.25, 0.3) is 5.72 Å². The predicted molar refractivity (Wildman–Crippen MR) is 116 cm³/mol. The molecule has 0 radical (unpaired) electrons. The van der Waals surface area contributed by atoms with Crippen LogP contribution in [0.15, 0.2) is 48.5 Å². The van der Waals surface area contributed by atoms with E-state index in [9.17, 15) is 4.79 Å². The van der Waals surface area contributed by atoms with Crippen molar-refractivity contribution >= 4 is 11.9 Å². The number of unbranched alkanes of at least 4 members (excludes halogenated alkanes) is 2. The summed E-state index contributed by atoms with van der Waals surface area (Å²) in [5, 5.41) is 13.7. The molecule has 0 bridgehead atoms. The minimum absolute atomic E-state index is 0.00183. The third kappa shape index (κ3) is 4.49. The van der Waals surface area contributed by atoms with E-state index >= 15 is 0 Å². The van der Waals surface area contributed by atoms with Crippen LogP contribution in [0.25, 0.3) is 6.08 Å². The van der Waals surface area contributed by atoms with Crippen LogP contribution in [-0.4, -0.2) is 33.0 Å². The van der Waals surface area contributed by atoms with E-state index in [0.29, 0.717) is 11.3 Å². The van der Waals surface area contributed by atoms with E-state index in [1.54, 1.807) is 24.3 Å². The lowest BCUT2D eigenvalue weighted by Crippen LogP contribution is -2.51. The maximum Gasteiger partial charge on any atom is 0.257 e. The fourth-order valence-electron chi connectivity index (χ4n) is 3.52. The molecule has 8 heteroatoms. The summed E-state index contributed by atoms with van der Waals surface area (Å²) in [4.78, 5) is 13.0. The number of nitrogens with zero attached hydrogens (tertiary/aromatic N) is 3. The predicted octanol–water partition coefficient (Wildman–Crippen LogP) is 3.41. The highest BCUT2D eigenvalue weighted by molar-refractivity contribution is 6.09. The van der Waals surface area contributed by atoms with Gasteiger partial charge in [-0.3, -0.25) is 10.5 Å². The lowest BCUT2D eigenvalue weighted by molar-refractivity contribution is -0.0154. The van der Waals surface area contributed by atoms with Gasteiger partial charge in [0.1, 0.15) is 6.61 Å². The highest BCUT2D eigenvalue weighted by Gasteiger charge is 2.41. The standard InChI is InChI=1S/C23H25N5O3/c1-2-3-4-8-16-9-5-6-10-17(16)13-14-19(29)18-11-7-12-20-21(18)31-23(24,15-30-20)22-25-27-28-26-22/h5-7,9-14H,2-4,8,15,24H2,1H3,(H,25,26,27,28). The smallest absolute Gasteiger partial charge is 0.257 e. The average Bonchev–Trinajstić information content (AvgIpc) is 3.34. The van der Waals surface area contributed by atoms with Crippen molar-refractivity contribution < 1.29 is 14.3 Å². The third-order valence-corrected chi connectivity index (χ3v) is 5.21. The van der Waals surface area contributed by atoms with E-state index in [4.69, 9.17) is 15.2 Å². The van der Waals surface area contributed by atoms with Crippen LogP contribution in [0, 0.1) is 0 Å². The zero-order valence-electron chi connectivity index (χ0n) is 17.4. The molecule has 0 saturated heterocycles. The van der Waals surface area contributed by atoms with Crippen LogP contribution in [0.5, 0.6) is 11.5 Å². The van der Waals surface area contributed by atoms with Crippen LogP contribution >= 0.6 is 0 Å². The molecule has 3 N–H and O–H groups in total. The number of benzene rings is 2. The van der Waals surface area contributed by atoms with Gasteiger partial charge in [-0.2, -0.15) is 5.21 Å². The third-order valence-electron chi connectivity index (χ3n) is 5.21. The minimum Gasteiger partial charge on any atom is -0.483 e. The molecule has 8 nitrogen and oxygen atoms in total. The summed E-state index contributed by atoms with van der Waals surface area (Å²) in [6, 6.07) is 13.3. The van der Waals surface area contributed by atoms with E-state index < -0.39 is 5.72 Å². The van der Waals surface area contributed by atoms with Crippen molar-refractivity contribution in [3.05, 3.63) is 71.1 Å². The number of nitrogens with two attached hydrogens (primary N) is 1. The van der Waals surface area contributed by atoms with Crippen molar-refractivity contribution in [2.75, 3.05) is 6.61 Å². The van der Waals surface area contributed by atoms with Crippen LogP contribution in [0.1, 0.15) is 53.5 Å². The van der Waals surface area contributed by atoms with E-state index in [1.165, 1.54) is 18.4 Å². The number of aryl methyl sites for hydroxylation is 1. The number of hydrogen-bond donors (Lipinski definition) is 2. The van der Waals surface area contributed by atoms with Gasteiger partial charge in [0.05, 0.1) is 5.56 Å². The van der Waals surface area contributed by atoms with Crippen LogP contribution < -0.4 is 15.2 Å². The summed E-state index contributed by atoms with van der Waals surface area (Å²) >= 11 is 0. The molecule has 1 aliphatic rings. The van der Waals surface area contributed by atoms with Crippen molar-refractivity contribution in [3.63, 3.8) is 0 Å². The normalized spacial score (nSPS) is 17.7. The SMILES string of the molecule is CCCCCc1ccccc1C=CC(=O)c1cccc2c1OC(N)(c1nn[nH]n1)CO2. The molecule has 2 aromatic carbocycles. The summed E-state index contributed by atoms with van der Waals surface area (Å²) in [6.07, 6.45) is 7.87. The molecule has 0 fully saturated rings. The van der Waals surface area contributed by atoms with Gasteiger partial charge in [-0.25, -0.2) is 0 Å². The molecule has 31 heavy (non-hydrogen) atoms. The van der Waals surface area contributed by atoms with Crippen molar-refractivity contribution in [3.8, 4) is 11.5 Å². The fraction of sp³-hybridized carbons (Fsp3) is 0.304. The van der Waals surface area contributed by atoms with E-state index in [0.717, 1.165) is 18.4 Å². The summed E-state index contributed by atoms with van der Waals surface area (Å²) in [6.45, 7) is 2.18. The number of fused-ring (bicyclic) bond motifs is 1. The first-order valence-corrected chi connectivity index (χ1v) is 10.4. The van der Waals surface area contributed by atoms with Crippen LogP contribution in [-0.2, 0) is 12.1 Å². The van der Waals surface area contributed by atoms with Gasteiger partial charge in [-0.05, 0) is 47.4 Å².